The molecule has 11 heteroatoms. The van der Waals surface area contributed by atoms with Gasteiger partial charge in [0, 0.05) is 6.20 Å². The molecule has 2 aromatic heterocycles. The fraction of sp³-hybridized carbons (Fsp3) is 0.176. The number of halogens is 3. The number of carbonyl (C=O) groups is 1. The molecule has 0 fully saturated rings. The Balaban J connectivity index is 1.76. The zero-order chi connectivity index (χ0) is 19.9. The van der Waals surface area contributed by atoms with Crippen molar-refractivity contribution in [2.45, 2.75) is 19.0 Å². The van der Waals surface area contributed by atoms with E-state index in [1.165, 1.54) is 23.7 Å². The zero-order valence-corrected chi connectivity index (χ0v) is 15.6. The first kappa shape index (κ1) is 18.6. The number of thiophene rings is 1. The van der Waals surface area contributed by atoms with Gasteiger partial charge in [0.15, 0.2) is 5.06 Å². The average molecular weight is 424 g/mol. The van der Waals surface area contributed by atoms with E-state index >= 15 is 0 Å². The second-order valence-electron chi connectivity index (χ2n) is 5.90. The summed E-state index contributed by atoms with van der Waals surface area (Å²) in [5.41, 5.74) is 1.76. The molecule has 1 aromatic carbocycles. The number of rotatable bonds is 3. The number of nitrogens with two attached hydrogens (primary N) is 1. The number of fused-ring (bicyclic) bond motifs is 3. The fourth-order valence-corrected chi connectivity index (χ4v) is 5.01. The number of benzene rings is 1. The summed E-state index contributed by atoms with van der Waals surface area (Å²) in [4.78, 5) is 13.5. The Kier molecular flexibility index (Phi) is 4.63. The lowest BCUT2D eigenvalue weighted by molar-refractivity contribution is -0.137. The molecule has 0 saturated heterocycles. The minimum absolute atomic E-state index is 0.230. The van der Waals surface area contributed by atoms with Crippen LogP contribution in [0.25, 0.3) is 10.4 Å². The molecular weight excluding hydrogens is 413 g/mol. The summed E-state index contributed by atoms with van der Waals surface area (Å²) >= 11 is 2.35. The van der Waals surface area contributed by atoms with Crippen LogP contribution in [0, 0.1) is 0 Å². The summed E-state index contributed by atoms with van der Waals surface area (Å²) in [5.74, 6) is 4.64. The van der Waals surface area contributed by atoms with Gasteiger partial charge in [0.05, 0.1) is 16.0 Å². The Hall–Kier alpha value is -2.79. The number of hydrogen-bond acceptors (Lipinski definition) is 6. The van der Waals surface area contributed by atoms with Crippen LogP contribution in [0.4, 0.5) is 13.2 Å². The van der Waals surface area contributed by atoms with Crippen molar-refractivity contribution < 1.29 is 22.7 Å². The first-order valence-electron chi connectivity index (χ1n) is 7.98. The van der Waals surface area contributed by atoms with Gasteiger partial charge in [-0.05, 0) is 59.8 Å². The Morgan fingerprint density at radius 2 is 1.96 bits per heavy atom. The topological polar surface area (TPSA) is 89.9 Å². The third-order valence-corrected chi connectivity index (χ3v) is 6.18. The minimum atomic E-state index is -4.43. The summed E-state index contributed by atoms with van der Waals surface area (Å²) < 4.78 is 48.3. The van der Waals surface area contributed by atoms with E-state index in [0.717, 1.165) is 51.5 Å². The molecule has 0 atom stereocenters. The van der Waals surface area contributed by atoms with Crippen molar-refractivity contribution in [3.63, 3.8) is 0 Å². The number of nitrogens with zero attached hydrogens (tertiary/aromatic N) is 3. The molecule has 0 bridgehead atoms. The molecule has 3 aromatic rings. The Bertz CT molecular complexity index is 1070. The summed E-state index contributed by atoms with van der Waals surface area (Å²) in [7, 11) is 0. The Morgan fingerprint density at radius 1 is 1.21 bits per heavy atom. The van der Waals surface area contributed by atoms with E-state index in [0.29, 0.717) is 16.4 Å². The molecule has 0 radical (unpaired) electrons. The van der Waals surface area contributed by atoms with E-state index in [1.807, 2.05) is 0 Å². The highest BCUT2D eigenvalue weighted by Gasteiger charge is 2.32. The molecule has 4 rings (SSSR count). The summed E-state index contributed by atoms with van der Waals surface area (Å²) in [6.45, 7) is 0. The number of alkyl halides is 3. The molecule has 2 N–H and O–H groups in total. The third-order valence-electron chi connectivity index (χ3n) is 4.23. The molecular formula is C17H11F3N4O2S2. The van der Waals surface area contributed by atoms with Gasteiger partial charge in [-0.25, -0.2) is 4.37 Å². The predicted molar refractivity (Wildman–Crippen MR) is 97.7 cm³/mol. The summed E-state index contributed by atoms with van der Waals surface area (Å²) in [6, 6.07) is 4.38. The summed E-state index contributed by atoms with van der Waals surface area (Å²) in [5, 5.41) is 6.83. The number of carbonyl (C=O) groups excluding carboxylic acids is 1. The fourth-order valence-electron chi connectivity index (χ4n) is 2.98. The van der Waals surface area contributed by atoms with Crippen molar-refractivity contribution in [3.05, 3.63) is 52.0 Å². The molecule has 0 unspecified atom stereocenters. The highest BCUT2D eigenvalue weighted by molar-refractivity contribution is 7.17. The zero-order valence-electron chi connectivity index (χ0n) is 14.0. The van der Waals surface area contributed by atoms with E-state index < -0.39 is 17.6 Å². The van der Waals surface area contributed by atoms with Gasteiger partial charge in [0.2, 0.25) is 0 Å². The van der Waals surface area contributed by atoms with Gasteiger partial charge < -0.3 is 10.6 Å². The monoisotopic (exact) mass is 424 g/mol. The third kappa shape index (κ3) is 3.27. The second kappa shape index (κ2) is 6.99. The lowest BCUT2D eigenvalue weighted by Crippen LogP contribution is -2.04. The molecule has 1 aliphatic carbocycles. The van der Waals surface area contributed by atoms with E-state index in [9.17, 15) is 18.0 Å². The van der Waals surface area contributed by atoms with Gasteiger partial charge in [-0.3, -0.25) is 4.79 Å². The lowest BCUT2D eigenvalue weighted by atomic mass is 9.93. The van der Waals surface area contributed by atoms with Gasteiger partial charge in [-0.1, -0.05) is 21.7 Å². The number of aryl methyl sites for hydroxylation is 1. The van der Waals surface area contributed by atoms with E-state index in [2.05, 4.69) is 14.7 Å². The maximum Gasteiger partial charge on any atom is 0.416 e. The van der Waals surface area contributed by atoms with Crippen molar-refractivity contribution in [2.75, 3.05) is 0 Å². The summed E-state index contributed by atoms with van der Waals surface area (Å²) in [6.07, 6.45) is -1.35. The number of amides is 1. The maximum absolute atomic E-state index is 12.8. The van der Waals surface area contributed by atoms with Crippen molar-refractivity contribution >= 4 is 28.8 Å². The van der Waals surface area contributed by atoms with Gasteiger partial charge in [0.25, 0.3) is 0 Å². The molecule has 28 heavy (non-hydrogen) atoms. The average Bonchev–Trinajstić information content (AvgIpc) is 3.26. The molecule has 0 spiro atoms. The minimum Gasteiger partial charge on any atom is -0.446 e. The van der Waals surface area contributed by atoms with Crippen LogP contribution >= 0.6 is 22.9 Å². The van der Waals surface area contributed by atoms with Crippen LogP contribution in [0.1, 0.15) is 26.4 Å². The molecule has 1 amide bonds. The molecule has 144 valence electrons. The number of aromatic nitrogens is 1. The van der Waals surface area contributed by atoms with Crippen molar-refractivity contribution in [2.24, 2.45) is 16.2 Å². The molecule has 6 nitrogen and oxygen atoms in total. The lowest BCUT2D eigenvalue weighted by Gasteiger charge is -2.14. The van der Waals surface area contributed by atoms with E-state index in [-0.39, 0.29) is 5.75 Å². The van der Waals surface area contributed by atoms with Crippen LogP contribution in [0.15, 0.2) is 40.8 Å². The van der Waals surface area contributed by atoms with E-state index in [4.69, 9.17) is 10.6 Å². The Labute approximate surface area is 164 Å². The number of ether oxygens (including phenoxy) is 1. The van der Waals surface area contributed by atoms with Crippen LogP contribution < -0.4 is 10.6 Å². The Morgan fingerprint density at radius 3 is 2.64 bits per heavy atom. The standard InChI is InChI=1S/C17H11F3N4O2S2/c18-17(19,20)9-2-4-10(5-3-9)26-16-12-11(14(27-16)15(25)23-24-21)6-1-8-7-22-28-13(8)12/h2-5,7H,1,6H2,(H2,21,23,25). The van der Waals surface area contributed by atoms with Gasteiger partial charge >= 0.3 is 12.1 Å². The second-order valence-corrected chi connectivity index (χ2v) is 7.68. The van der Waals surface area contributed by atoms with Gasteiger partial charge in [0.1, 0.15) is 10.6 Å². The van der Waals surface area contributed by atoms with Crippen LogP contribution in [-0.4, -0.2) is 10.3 Å². The van der Waals surface area contributed by atoms with Crippen LogP contribution in [0.2, 0.25) is 0 Å². The molecule has 0 aliphatic heterocycles. The van der Waals surface area contributed by atoms with Crippen LogP contribution in [0.5, 0.6) is 10.8 Å². The molecule has 1 aliphatic rings. The van der Waals surface area contributed by atoms with Crippen molar-refractivity contribution in [1.82, 2.24) is 4.37 Å². The SMILES string of the molecule is NN=NC(=O)c1sc(Oc2ccc(C(F)(F)F)cc2)c2c1CCc1cnsc1-2. The van der Waals surface area contributed by atoms with Crippen molar-refractivity contribution in [1.29, 1.82) is 0 Å². The van der Waals surface area contributed by atoms with Crippen molar-refractivity contribution in [3.8, 4) is 21.3 Å². The van der Waals surface area contributed by atoms with Gasteiger partial charge in [-0.2, -0.15) is 13.2 Å². The van der Waals surface area contributed by atoms with Crippen LogP contribution in [0.3, 0.4) is 0 Å². The van der Waals surface area contributed by atoms with E-state index in [1.54, 1.807) is 6.20 Å². The maximum atomic E-state index is 12.8. The quantitative estimate of drug-likeness (QED) is 0.353. The smallest absolute Gasteiger partial charge is 0.416 e. The molecule has 2 heterocycles. The van der Waals surface area contributed by atoms with Gasteiger partial charge in [-0.15, -0.1) is 0 Å². The molecule has 0 saturated carbocycles. The normalized spacial score (nSPS) is 13.4. The highest BCUT2D eigenvalue weighted by atomic mass is 32.1. The highest BCUT2D eigenvalue weighted by Crippen LogP contribution is 2.50. The first-order valence-corrected chi connectivity index (χ1v) is 9.57. The predicted octanol–water partition coefficient (Wildman–Crippen LogP) is 5.25. The largest absolute Gasteiger partial charge is 0.446 e. The number of hydrogen-bond donors (Lipinski definition) is 1. The van der Waals surface area contributed by atoms with Crippen LogP contribution in [-0.2, 0) is 19.0 Å². The first-order chi connectivity index (χ1) is 13.4.